The first-order valence-electron chi connectivity index (χ1n) is 6.18. The summed E-state index contributed by atoms with van der Waals surface area (Å²) in [6.07, 6.45) is 5.06. The average Bonchev–Trinajstić information content (AvgIpc) is 2.26. The number of hydrogen-bond acceptors (Lipinski definition) is 2. The highest BCUT2D eigenvalue weighted by molar-refractivity contribution is 6.08. The number of aliphatic hydroxyl groups excluding tert-OH is 1. The summed E-state index contributed by atoms with van der Waals surface area (Å²) >= 11 is 0. The van der Waals surface area contributed by atoms with Gasteiger partial charge < -0.3 is 5.11 Å². The van der Waals surface area contributed by atoms with Crippen LogP contribution in [0.4, 0.5) is 0 Å². The predicted octanol–water partition coefficient (Wildman–Crippen LogP) is 2.80. The van der Waals surface area contributed by atoms with Crippen molar-refractivity contribution in [1.29, 1.82) is 0 Å². The summed E-state index contributed by atoms with van der Waals surface area (Å²) in [5, 5.41) is 10.0. The van der Waals surface area contributed by atoms with E-state index in [1.165, 1.54) is 0 Å². The first-order chi connectivity index (χ1) is 7.86. The molecule has 2 aliphatic rings. The van der Waals surface area contributed by atoms with E-state index in [1.807, 2.05) is 13.0 Å². The largest absolute Gasteiger partial charge is 0.393 e. The number of hydrogen-bond donors (Lipinski definition) is 1. The summed E-state index contributed by atoms with van der Waals surface area (Å²) in [7, 11) is 0. The average molecular weight is 232 g/mol. The summed E-state index contributed by atoms with van der Waals surface area (Å²) in [5.41, 5.74) is 2.47. The number of rotatable bonds is 1. The van der Waals surface area contributed by atoms with E-state index in [1.54, 1.807) is 6.08 Å². The Hall–Kier alpha value is -1.15. The molecule has 17 heavy (non-hydrogen) atoms. The van der Waals surface area contributed by atoms with Crippen LogP contribution in [0.3, 0.4) is 0 Å². The summed E-state index contributed by atoms with van der Waals surface area (Å²) in [4.78, 5) is 12.0. The van der Waals surface area contributed by atoms with Crippen molar-refractivity contribution in [2.24, 2.45) is 11.3 Å². The van der Waals surface area contributed by atoms with E-state index >= 15 is 0 Å². The topological polar surface area (TPSA) is 37.3 Å². The predicted molar refractivity (Wildman–Crippen MR) is 68.5 cm³/mol. The number of ketones is 1. The number of aliphatic hydroxyl groups is 1. The lowest BCUT2D eigenvalue weighted by atomic mass is 9.61. The van der Waals surface area contributed by atoms with Crippen molar-refractivity contribution in [2.45, 2.75) is 39.7 Å². The molecule has 2 aliphatic carbocycles. The van der Waals surface area contributed by atoms with Crippen molar-refractivity contribution in [2.75, 3.05) is 0 Å². The summed E-state index contributed by atoms with van der Waals surface area (Å²) in [6.45, 7) is 9.89. The van der Waals surface area contributed by atoms with Gasteiger partial charge in [-0.1, -0.05) is 32.1 Å². The zero-order chi connectivity index (χ0) is 12.8. The van der Waals surface area contributed by atoms with Crippen LogP contribution >= 0.6 is 0 Å². The molecule has 0 aromatic carbocycles. The fraction of sp³-hybridized carbons (Fsp3) is 0.533. The Bertz CT molecular complexity index is 442. The highest BCUT2D eigenvalue weighted by Gasteiger charge is 2.43. The molecule has 2 nitrogen and oxygen atoms in total. The molecule has 0 saturated heterocycles. The minimum Gasteiger partial charge on any atom is -0.393 e. The zero-order valence-electron chi connectivity index (χ0n) is 10.8. The van der Waals surface area contributed by atoms with Gasteiger partial charge in [0.2, 0.25) is 0 Å². The third-order valence-corrected chi connectivity index (χ3v) is 4.40. The van der Waals surface area contributed by atoms with Gasteiger partial charge in [-0.2, -0.15) is 0 Å². The fourth-order valence-electron chi connectivity index (χ4n) is 2.91. The molecule has 0 aromatic rings. The zero-order valence-corrected chi connectivity index (χ0v) is 10.8. The second-order valence-corrected chi connectivity index (χ2v) is 5.55. The van der Waals surface area contributed by atoms with Gasteiger partial charge in [0.25, 0.3) is 0 Å². The maximum absolute atomic E-state index is 12.0. The molecule has 2 rings (SSSR count). The molecule has 3 atom stereocenters. The molecule has 3 unspecified atom stereocenters. The molecule has 2 heteroatoms. The lowest BCUT2D eigenvalue weighted by Gasteiger charge is -2.44. The molecular formula is C15H20O2. The standard InChI is InChI=1S/C15H20O2/c1-9(2)12-8-15(4)10(3)13(16)6-5-11(15)7-14(12)17/h7-8,10,13,16H,1,5-6H2,2-4H3. The van der Waals surface area contributed by atoms with Crippen molar-refractivity contribution in [3.8, 4) is 0 Å². The quantitative estimate of drug-likeness (QED) is 0.754. The molecule has 1 N–H and O–H groups in total. The van der Waals surface area contributed by atoms with E-state index in [9.17, 15) is 9.90 Å². The lowest BCUT2D eigenvalue weighted by molar-refractivity contribution is -0.111. The molecule has 0 aromatic heterocycles. The minimum absolute atomic E-state index is 0.0635. The van der Waals surface area contributed by atoms with Gasteiger partial charge in [0.05, 0.1) is 6.10 Å². The Balaban J connectivity index is 2.49. The van der Waals surface area contributed by atoms with Crippen LogP contribution < -0.4 is 0 Å². The highest BCUT2D eigenvalue weighted by Crippen LogP contribution is 2.49. The summed E-state index contributed by atoms with van der Waals surface area (Å²) < 4.78 is 0. The van der Waals surface area contributed by atoms with E-state index in [-0.39, 0.29) is 23.2 Å². The van der Waals surface area contributed by atoms with Gasteiger partial charge in [-0.15, -0.1) is 0 Å². The van der Waals surface area contributed by atoms with Crippen LogP contribution in [0.15, 0.2) is 35.5 Å². The molecule has 92 valence electrons. The third kappa shape index (κ3) is 1.81. The van der Waals surface area contributed by atoms with Gasteiger partial charge in [-0.05, 0) is 37.3 Å². The number of allylic oxidation sites excluding steroid dienone is 5. The number of carbonyl (C=O) groups excluding carboxylic acids is 1. The molecule has 0 amide bonds. The van der Waals surface area contributed by atoms with Crippen LogP contribution in [0, 0.1) is 11.3 Å². The fourth-order valence-corrected chi connectivity index (χ4v) is 2.91. The first kappa shape index (κ1) is 12.3. The van der Waals surface area contributed by atoms with E-state index in [0.29, 0.717) is 5.57 Å². The SMILES string of the molecule is C=C(C)C1=CC2(C)C(=CC1=O)CCC(O)C2C. The van der Waals surface area contributed by atoms with Crippen LogP contribution in [-0.4, -0.2) is 17.0 Å². The monoisotopic (exact) mass is 232 g/mol. The Morgan fingerprint density at radius 1 is 1.59 bits per heavy atom. The normalized spacial score (nSPS) is 37.1. The van der Waals surface area contributed by atoms with E-state index in [4.69, 9.17) is 0 Å². The van der Waals surface area contributed by atoms with Gasteiger partial charge >= 0.3 is 0 Å². The van der Waals surface area contributed by atoms with Crippen molar-refractivity contribution >= 4 is 5.78 Å². The Kier molecular flexibility index (Phi) is 2.86. The molecular weight excluding hydrogens is 212 g/mol. The number of carbonyl (C=O) groups is 1. The third-order valence-electron chi connectivity index (χ3n) is 4.40. The smallest absolute Gasteiger partial charge is 0.185 e. The maximum Gasteiger partial charge on any atom is 0.185 e. The van der Waals surface area contributed by atoms with Crippen molar-refractivity contribution < 1.29 is 9.90 Å². The lowest BCUT2D eigenvalue weighted by Crippen LogP contribution is -2.41. The first-order valence-corrected chi connectivity index (χ1v) is 6.18. The van der Waals surface area contributed by atoms with Crippen molar-refractivity contribution in [3.63, 3.8) is 0 Å². The second kappa shape index (κ2) is 3.95. The Morgan fingerprint density at radius 3 is 2.82 bits per heavy atom. The van der Waals surface area contributed by atoms with Gasteiger partial charge in [-0.3, -0.25) is 4.79 Å². The van der Waals surface area contributed by atoms with Gasteiger partial charge in [0, 0.05) is 11.0 Å². The van der Waals surface area contributed by atoms with E-state index in [2.05, 4.69) is 20.4 Å². The van der Waals surface area contributed by atoms with E-state index in [0.717, 1.165) is 24.0 Å². The van der Waals surface area contributed by atoms with Crippen molar-refractivity contribution in [1.82, 2.24) is 0 Å². The van der Waals surface area contributed by atoms with Crippen LogP contribution in [0.25, 0.3) is 0 Å². The molecule has 0 radical (unpaired) electrons. The van der Waals surface area contributed by atoms with Gasteiger partial charge in [0.1, 0.15) is 0 Å². The molecule has 1 fully saturated rings. The minimum atomic E-state index is -0.284. The Morgan fingerprint density at radius 2 is 2.24 bits per heavy atom. The van der Waals surface area contributed by atoms with Crippen LogP contribution in [-0.2, 0) is 4.79 Å². The Labute approximate surface area is 103 Å². The number of fused-ring (bicyclic) bond motifs is 1. The molecule has 0 heterocycles. The summed E-state index contributed by atoms with van der Waals surface area (Å²) in [6, 6.07) is 0. The van der Waals surface area contributed by atoms with Crippen LogP contribution in [0.1, 0.15) is 33.6 Å². The molecule has 0 aliphatic heterocycles. The molecule has 1 saturated carbocycles. The molecule has 0 spiro atoms. The summed E-state index contributed by atoms with van der Waals surface area (Å²) in [5.74, 6) is 0.207. The van der Waals surface area contributed by atoms with Gasteiger partial charge in [0.15, 0.2) is 5.78 Å². The highest BCUT2D eigenvalue weighted by atomic mass is 16.3. The van der Waals surface area contributed by atoms with E-state index < -0.39 is 0 Å². The van der Waals surface area contributed by atoms with Crippen LogP contribution in [0.2, 0.25) is 0 Å². The molecule has 0 bridgehead atoms. The van der Waals surface area contributed by atoms with Crippen molar-refractivity contribution in [3.05, 3.63) is 35.5 Å². The van der Waals surface area contributed by atoms with Gasteiger partial charge in [-0.25, -0.2) is 0 Å². The second-order valence-electron chi connectivity index (χ2n) is 5.55. The van der Waals surface area contributed by atoms with Crippen LogP contribution in [0.5, 0.6) is 0 Å². The maximum atomic E-state index is 12.0.